The molecule has 256 valence electrons. The highest BCUT2D eigenvalue weighted by Crippen LogP contribution is 2.31. The second-order valence-electron chi connectivity index (χ2n) is 11.2. The average Bonchev–Trinajstić information content (AvgIpc) is 3.81. The Labute approximate surface area is 279 Å². The summed E-state index contributed by atoms with van der Waals surface area (Å²) in [6.07, 6.45) is 4.85. The number of ether oxygens (including phenoxy) is 4. The van der Waals surface area contributed by atoms with E-state index in [1.807, 2.05) is 29.2 Å². The number of hydrogen-bond acceptors (Lipinski definition) is 11. The molecule has 1 fully saturated rings. The minimum Gasteiger partial charge on any atom is -0.379 e. The first-order chi connectivity index (χ1) is 23.5. The molecule has 1 aliphatic rings. The molecule has 15 nitrogen and oxygen atoms in total. The van der Waals surface area contributed by atoms with Gasteiger partial charge in [-0.05, 0) is 49.6 Å². The second-order valence-corrected chi connectivity index (χ2v) is 11.2. The number of likely N-dealkylation sites (tertiary alicyclic amines) is 1. The molecule has 4 N–H and O–H groups in total. The van der Waals surface area contributed by atoms with Crippen LogP contribution in [0.1, 0.15) is 48.3 Å². The predicted molar refractivity (Wildman–Crippen MR) is 176 cm³/mol. The topological polar surface area (TPSA) is 185 Å². The van der Waals surface area contributed by atoms with Gasteiger partial charge >= 0.3 is 0 Å². The van der Waals surface area contributed by atoms with Crippen LogP contribution in [0.5, 0.6) is 0 Å². The molecule has 0 saturated carbocycles. The maximum atomic E-state index is 13.4. The molecule has 1 unspecified atom stereocenters. The molecule has 5 rings (SSSR count). The van der Waals surface area contributed by atoms with Crippen molar-refractivity contribution in [3.8, 4) is 17.2 Å². The van der Waals surface area contributed by atoms with E-state index in [-0.39, 0.29) is 24.1 Å². The van der Waals surface area contributed by atoms with Crippen molar-refractivity contribution in [1.82, 2.24) is 34.8 Å². The van der Waals surface area contributed by atoms with Gasteiger partial charge in [0.25, 0.3) is 11.8 Å². The van der Waals surface area contributed by atoms with Crippen molar-refractivity contribution in [2.24, 2.45) is 5.73 Å². The number of pyridine rings is 2. The number of H-pyrrole nitrogens is 1. The number of aromatic nitrogens is 6. The van der Waals surface area contributed by atoms with Gasteiger partial charge in [-0.25, -0.2) is 9.97 Å². The van der Waals surface area contributed by atoms with E-state index in [2.05, 4.69) is 32.4 Å². The van der Waals surface area contributed by atoms with Crippen molar-refractivity contribution in [3.05, 3.63) is 72.3 Å². The minimum atomic E-state index is -0.854. The standard InChI is InChI=1S/C33H43N9O6/c1-2-16-45-17-18-46-19-20-47-21-22-48-33(31(34)43)41-14-10-24(11-15-41)28-23-30(42(40-28)29-8-3-4-12-35-29)38-32(44)27-7-5-6-25(37-27)26-9-13-36-39-26/h3-9,12-13,23-24,33H,2,10-11,14-22H2,1H3,(H2,34,43)(H,36,39)(H,38,44). The van der Waals surface area contributed by atoms with E-state index in [1.54, 1.807) is 41.3 Å². The summed E-state index contributed by atoms with van der Waals surface area (Å²) in [6, 6.07) is 14.4. The van der Waals surface area contributed by atoms with Gasteiger partial charge in [0.05, 0.1) is 56.7 Å². The van der Waals surface area contributed by atoms with Crippen LogP contribution >= 0.6 is 0 Å². The molecule has 2 amide bonds. The lowest BCUT2D eigenvalue weighted by Crippen LogP contribution is -2.50. The summed E-state index contributed by atoms with van der Waals surface area (Å²) in [5, 5.41) is 14.7. The molecule has 4 aromatic heterocycles. The Balaban J connectivity index is 1.15. The highest BCUT2D eigenvalue weighted by molar-refractivity contribution is 6.02. The fraction of sp³-hybridized carbons (Fsp3) is 0.455. The second kappa shape index (κ2) is 18.1. The molecule has 0 aliphatic carbocycles. The molecule has 4 aromatic rings. The lowest BCUT2D eigenvalue weighted by Gasteiger charge is -2.35. The van der Waals surface area contributed by atoms with Crippen LogP contribution in [-0.2, 0) is 23.7 Å². The van der Waals surface area contributed by atoms with Crippen molar-refractivity contribution < 1.29 is 28.5 Å². The fourth-order valence-electron chi connectivity index (χ4n) is 5.33. The smallest absolute Gasteiger partial charge is 0.275 e. The number of hydrogen-bond donors (Lipinski definition) is 3. The quantitative estimate of drug-likeness (QED) is 0.126. The number of nitrogens with two attached hydrogens (primary N) is 1. The minimum absolute atomic E-state index is 0.0768. The van der Waals surface area contributed by atoms with Gasteiger partial charge < -0.3 is 30.0 Å². The van der Waals surface area contributed by atoms with Crippen LogP contribution in [0.3, 0.4) is 0 Å². The summed E-state index contributed by atoms with van der Waals surface area (Å²) in [6.45, 7) is 6.47. The zero-order valence-corrected chi connectivity index (χ0v) is 27.1. The number of piperidine rings is 1. The summed E-state index contributed by atoms with van der Waals surface area (Å²) in [4.78, 5) is 36.5. The van der Waals surface area contributed by atoms with Gasteiger partial charge in [-0.2, -0.15) is 14.9 Å². The van der Waals surface area contributed by atoms with E-state index in [9.17, 15) is 9.59 Å². The molecular formula is C33H43N9O6. The summed E-state index contributed by atoms with van der Waals surface area (Å²) in [5.41, 5.74) is 8.07. The van der Waals surface area contributed by atoms with Crippen LogP contribution in [0.2, 0.25) is 0 Å². The Morgan fingerprint density at radius 3 is 2.38 bits per heavy atom. The highest BCUT2D eigenvalue weighted by Gasteiger charge is 2.31. The van der Waals surface area contributed by atoms with E-state index in [1.165, 1.54) is 0 Å². The third kappa shape index (κ3) is 9.74. The molecule has 0 aromatic carbocycles. The SMILES string of the molecule is CCCOCCOCCOCCOC(C(N)=O)N1CCC(c2cc(NC(=O)c3cccc(-c4ccn[nH]4)n3)n(-c3ccccn3)n2)CC1. The van der Waals surface area contributed by atoms with Gasteiger partial charge in [0.2, 0.25) is 0 Å². The van der Waals surface area contributed by atoms with Gasteiger partial charge in [0.15, 0.2) is 12.0 Å². The summed E-state index contributed by atoms with van der Waals surface area (Å²) >= 11 is 0. The number of nitrogens with one attached hydrogen (secondary N) is 2. The maximum Gasteiger partial charge on any atom is 0.275 e. The van der Waals surface area contributed by atoms with Crippen LogP contribution in [0.15, 0.2) is 60.9 Å². The molecular weight excluding hydrogens is 618 g/mol. The molecule has 5 heterocycles. The Kier molecular flexibility index (Phi) is 13.1. The summed E-state index contributed by atoms with van der Waals surface area (Å²) < 4.78 is 23.9. The highest BCUT2D eigenvalue weighted by atomic mass is 16.6. The lowest BCUT2D eigenvalue weighted by atomic mass is 9.93. The maximum absolute atomic E-state index is 13.4. The zero-order chi connectivity index (χ0) is 33.6. The molecule has 0 radical (unpaired) electrons. The van der Waals surface area contributed by atoms with E-state index < -0.39 is 12.1 Å². The largest absolute Gasteiger partial charge is 0.379 e. The third-order valence-electron chi connectivity index (χ3n) is 7.71. The van der Waals surface area contributed by atoms with Gasteiger partial charge in [-0.3, -0.25) is 19.6 Å². The van der Waals surface area contributed by atoms with Gasteiger partial charge in [0, 0.05) is 44.1 Å². The number of primary amides is 1. The molecule has 48 heavy (non-hydrogen) atoms. The number of nitrogens with zero attached hydrogens (tertiary/aromatic N) is 6. The van der Waals surface area contributed by atoms with Gasteiger partial charge in [-0.15, -0.1) is 0 Å². The Morgan fingerprint density at radius 2 is 1.71 bits per heavy atom. The average molecular weight is 662 g/mol. The van der Waals surface area contributed by atoms with E-state index >= 15 is 0 Å². The summed E-state index contributed by atoms with van der Waals surface area (Å²) in [7, 11) is 0. The van der Waals surface area contributed by atoms with Crippen molar-refractivity contribution in [2.75, 3.05) is 64.7 Å². The van der Waals surface area contributed by atoms with E-state index in [0.717, 1.165) is 18.7 Å². The molecule has 0 bridgehead atoms. The van der Waals surface area contributed by atoms with Crippen LogP contribution in [0.4, 0.5) is 5.82 Å². The zero-order valence-electron chi connectivity index (χ0n) is 27.1. The first-order valence-corrected chi connectivity index (χ1v) is 16.2. The van der Waals surface area contributed by atoms with E-state index in [4.69, 9.17) is 29.8 Å². The third-order valence-corrected chi connectivity index (χ3v) is 7.71. The summed E-state index contributed by atoms with van der Waals surface area (Å²) in [5.74, 6) is 0.183. The predicted octanol–water partition coefficient (Wildman–Crippen LogP) is 2.77. The number of rotatable bonds is 19. The first kappa shape index (κ1) is 34.8. The van der Waals surface area contributed by atoms with Crippen LogP contribution in [0, 0.1) is 0 Å². The van der Waals surface area contributed by atoms with E-state index in [0.29, 0.717) is 82.0 Å². The van der Waals surface area contributed by atoms with Crippen molar-refractivity contribution in [2.45, 2.75) is 38.3 Å². The molecule has 0 spiro atoms. The molecule has 1 atom stereocenters. The number of anilines is 1. The number of carbonyl (C=O) groups excluding carboxylic acids is 2. The molecule has 1 aliphatic heterocycles. The van der Waals surface area contributed by atoms with Crippen LogP contribution in [-0.4, -0.2) is 112 Å². The Morgan fingerprint density at radius 1 is 0.958 bits per heavy atom. The number of carbonyl (C=O) groups is 2. The van der Waals surface area contributed by atoms with Gasteiger partial charge in [-0.1, -0.05) is 19.1 Å². The van der Waals surface area contributed by atoms with Crippen molar-refractivity contribution >= 4 is 17.6 Å². The Bertz CT molecular complexity index is 1560. The van der Waals surface area contributed by atoms with Crippen molar-refractivity contribution in [1.29, 1.82) is 0 Å². The molecule has 1 saturated heterocycles. The normalized spacial score (nSPS) is 14.6. The first-order valence-electron chi connectivity index (χ1n) is 16.2. The fourth-order valence-corrected chi connectivity index (χ4v) is 5.33. The lowest BCUT2D eigenvalue weighted by molar-refractivity contribution is -0.147. The number of aromatic amines is 1. The Hall–Kier alpha value is -4.54. The monoisotopic (exact) mass is 661 g/mol. The van der Waals surface area contributed by atoms with Crippen molar-refractivity contribution in [3.63, 3.8) is 0 Å². The van der Waals surface area contributed by atoms with Gasteiger partial charge in [0.1, 0.15) is 11.5 Å². The number of amides is 2. The van der Waals surface area contributed by atoms with Crippen LogP contribution < -0.4 is 11.1 Å². The van der Waals surface area contributed by atoms with Crippen LogP contribution in [0.25, 0.3) is 17.2 Å². The molecule has 15 heteroatoms.